The summed E-state index contributed by atoms with van der Waals surface area (Å²) in [6.45, 7) is 3.66. The van der Waals surface area contributed by atoms with Crippen LogP contribution in [-0.2, 0) is 11.2 Å². The van der Waals surface area contributed by atoms with E-state index >= 15 is 0 Å². The van der Waals surface area contributed by atoms with Gasteiger partial charge in [0, 0.05) is 5.41 Å². The minimum absolute atomic E-state index is 0.344. The van der Waals surface area contributed by atoms with Crippen LogP contribution >= 0.6 is 0 Å². The van der Waals surface area contributed by atoms with Crippen LogP contribution in [0.25, 0.3) is 11.1 Å². The van der Waals surface area contributed by atoms with E-state index in [1.807, 2.05) is 32.0 Å². The molecule has 0 spiro atoms. The molecule has 110 valence electrons. The second-order valence-corrected chi connectivity index (χ2v) is 5.89. The average Bonchev–Trinajstić information content (AvgIpc) is 2.53. The van der Waals surface area contributed by atoms with Crippen LogP contribution in [0.15, 0.2) is 54.6 Å². The number of nitrogens with one attached hydrogen (secondary N) is 1. The molecule has 0 aliphatic heterocycles. The average molecular weight is 283 g/mol. The summed E-state index contributed by atoms with van der Waals surface area (Å²) in [6.07, 6.45) is 1.49. The van der Waals surface area contributed by atoms with Crippen LogP contribution < -0.4 is 5.48 Å². The minimum atomic E-state index is -0.577. The maximum Gasteiger partial charge on any atom is 0.248 e. The molecular formula is C18H21NO2. The van der Waals surface area contributed by atoms with E-state index in [0.717, 1.165) is 6.42 Å². The number of hydroxylamine groups is 1. The zero-order chi connectivity index (χ0) is 15.3. The second-order valence-electron chi connectivity index (χ2n) is 5.89. The van der Waals surface area contributed by atoms with Gasteiger partial charge in [-0.05, 0) is 29.5 Å². The molecule has 2 rings (SSSR count). The van der Waals surface area contributed by atoms with Gasteiger partial charge in [0.05, 0.1) is 0 Å². The van der Waals surface area contributed by atoms with E-state index in [9.17, 15) is 4.79 Å². The number of hydrogen-bond acceptors (Lipinski definition) is 2. The lowest BCUT2D eigenvalue weighted by molar-refractivity contribution is -0.138. The summed E-state index contributed by atoms with van der Waals surface area (Å²) >= 11 is 0. The summed E-state index contributed by atoms with van der Waals surface area (Å²) < 4.78 is 0. The van der Waals surface area contributed by atoms with E-state index in [-0.39, 0.29) is 5.91 Å². The van der Waals surface area contributed by atoms with Crippen molar-refractivity contribution in [3.8, 4) is 11.1 Å². The summed E-state index contributed by atoms with van der Waals surface area (Å²) in [7, 11) is 0. The molecule has 0 aliphatic rings. The molecule has 1 amide bonds. The van der Waals surface area contributed by atoms with Crippen LogP contribution in [-0.4, -0.2) is 11.1 Å². The van der Waals surface area contributed by atoms with Gasteiger partial charge in [-0.15, -0.1) is 0 Å². The third kappa shape index (κ3) is 3.92. The van der Waals surface area contributed by atoms with Gasteiger partial charge in [-0.1, -0.05) is 68.4 Å². The Balaban J connectivity index is 2.02. The van der Waals surface area contributed by atoms with Crippen molar-refractivity contribution in [1.29, 1.82) is 0 Å². The van der Waals surface area contributed by atoms with Gasteiger partial charge in [-0.2, -0.15) is 0 Å². The largest absolute Gasteiger partial charge is 0.289 e. The molecule has 3 heteroatoms. The van der Waals surface area contributed by atoms with Crippen molar-refractivity contribution in [2.45, 2.75) is 26.7 Å². The van der Waals surface area contributed by atoms with E-state index in [2.05, 4.69) is 36.4 Å². The molecule has 0 radical (unpaired) electrons. The third-order valence-electron chi connectivity index (χ3n) is 3.82. The number of aryl methyl sites for hydroxylation is 1. The fraction of sp³-hybridized carbons (Fsp3) is 0.278. The van der Waals surface area contributed by atoms with Gasteiger partial charge in [0.1, 0.15) is 0 Å². The van der Waals surface area contributed by atoms with Gasteiger partial charge < -0.3 is 0 Å². The van der Waals surface area contributed by atoms with Crippen LogP contribution in [0.4, 0.5) is 0 Å². The SMILES string of the molecule is CC(C)(CCc1ccc(-c2ccccc2)cc1)C(=O)NO. The van der Waals surface area contributed by atoms with Crippen LogP contribution in [0.1, 0.15) is 25.8 Å². The zero-order valence-corrected chi connectivity index (χ0v) is 12.5. The quantitative estimate of drug-likeness (QED) is 0.647. The van der Waals surface area contributed by atoms with Crippen LogP contribution in [0.2, 0.25) is 0 Å². The Labute approximate surface area is 125 Å². The van der Waals surface area contributed by atoms with Crippen molar-refractivity contribution >= 4 is 5.91 Å². The molecule has 3 nitrogen and oxygen atoms in total. The summed E-state index contributed by atoms with van der Waals surface area (Å²) in [5, 5.41) is 8.73. The molecule has 2 N–H and O–H groups in total. The molecule has 0 unspecified atom stereocenters. The number of amides is 1. The Bertz CT molecular complexity index is 588. The highest BCUT2D eigenvalue weighted by atomic mass is 16.5. The van der Waals surface area contributed by atoms with Crippen LogP contribution in [0.3, 0.4) is 0 Å². The first-order valence-electron chi connectivity index (χ1n) is 7.12. The normalized spacial score (nSPS) is 11.2. The number of carbonyl (C=O) groups is 1. The molecule has 0 saturated carbocycles. The first-order valence-corrected chi connectivity index (χ1v) is 7.12. The number of carbonyl (C=O) groups excluding carboxylic acids is 1. The van der Waals surface area contributed by atoms with E-state index in [0.29, 0.717) is 6.42 Å². The Hall–Kier alpha value is -2.13. The van der Waals surface area contributed by atoms with Gasteiger partial charge >= 0.3 is 0 Å². The zero-order valence-electron chi connectivity index (χ0n) is 12.5. The third-order valence-corrected chi connectivity index (χ3v) is 3.82. The second kappa shape index (κ2) is 6.55. The lowest BCUT2D eigenvalue weighted by atomic mass is 9.85. The lowest BCUT2D eigenvalue weighted by Gasteiger charge is -2.21. The van der Waals surface area contributed by atoms with E-state index in [1.165, 1.54) is 16.7 Å². The highest BCUT2D eigenvalue weighted by Crippen LogP contribution is 2.24. The first-order chi connectivity index (χ1) is 10.0. The molecule has 0 aromatic heterocycles. The van der Waals surface area contributed by atoms with Crippen LogP contribution in [0, 0.1) is 5.41 Å². The Kier molecular flexibility index (Phi) is 4.76. The van der Waals surface area contributed by atoms with Gasteiger partial charge in [0.25, 0.3) is 0 Å². The molecule has 0 aliphatic carbocycles. The van der Waals surface area contributed by atoms with Crippen molar-refractivity contribution in [2.75, 3.05) is 0 Å². The van der Waals surface area contributed by atoms with Crippen molar-refractivity contribution < 1.29 is 10.0 Å². The summed E-state index contributed by atoms with van der Waals surface area (Å²) in [5.41, 5.74) is 4.73. The number of rotatable bonds is 5. The fourth-order valence-corrected chi connectivity index (χ4v) is 2.22. The first kappa shape index (κ1) is 15.3. The molecule has 2 aromatic carbocycles. The molecule has 0 fully saturated rings. The lowest BCUT2D eigenvalue weighted by Crippen LogP contribution is -2.35. The molecule has 0 heterocycles. The molecule has 0 saturated heterocycles. The van der Waals surface area contributed by atoms with E-state index < -0.39 is 5.41 Å². The fourth-order valence-electron chi connectivity index (χ4n) is 2.22. The summed E-state index contributed by atoms with van der Waals surface area (Å²) in [6, 6.07) is 18.6. The smallest absolute Gasteiger partial charge is 0.248 e. The van der Waals surface area contributed by atoms with Gasteiger partial charge in [-0.3, -0.25) is 10.0 Å². The van der Waals surface area contributed by atoms with E-state index in [1.54, 1.807) is 5.48 Å². The van der Waals surface area contributed by atoms with Crippen molar-refractivity contribution in [2.24, 2.45) is 5.41 Å². The van der Waals surface area contributed by atoms with Gasteiger partial charge in [0.15, 0.2) is 0 Å². The summed E-state index contributed by atoms with van der Waals surface area (Å²) in [4.78, 5) is 11.5. The number of hydrogen-bond donors (Lipinski definition) is 2. The maximum atomic E-state index is 11.5. The predicted octanol–water partition coefficient (Wildman–Crippen LogP) is 3.82. The van der Waals surface area contributed by atoms with Crippen LogP contribution in [0.5, 0.6) is 0 Å². The van der Waals surface area contributed by atoms with Crippen molar-refractivity contribution in [3.05, 3.63) is 60.2 Å². The monoisotopic (exact) mass is 283 g/mol. The van der Waals surface area contributed by atoms with Crippen molar-refractivity contribution in [1.82, 2.24) is 5.48 Å². The maximum absolute atomic E-state index is 11.5. The van der Waals surface area contributed by atoms with E-state index in [4.69, 9.17) is 5.21 Å². The molecule has 2 aromatic rings. The predicted molar refractivity (Wildman–Crippen MR) is 83.9 cm³/mol. The topological polar surface area (TPSA) is 49.3 Å². The Morgan fingerprint density at radius 1 is 1.00 bits per heavy atom. The highest BCUT2D eigenvalue weighted by molar-refractivity contribution is 5.80. The van der Waals surface area contributed by atoms with Gasteiger partial charge in [0.2, 0.25) is 5.91 Å². The Morgan fingerprint density at radius 2 is 1.57 bits per heavy atom. The van der Waals surface area contributed by atoms with Gasteiger partial charge in [-0.25, -0.2) is 5.48 Å². The summed E-state index contributed by atoms with van der Waals surface area (Å²) in [5.74, 6) is -0.344. The highest BCUT2D eigenvalue weighted by Gasteiger charge is 2.26. The molecule has 21 heavy (non-hydrogen) atoms. The Morgan fingerprint density at radius 3 is 2.14 bits per heavy atom. The van der Waals surface area contributed by atoms with Crippen molar-refractivity contribution in [3.63, 3.8) is 0 Å². The molecule has 0 atom stereocenters. The standard InChI is InChI=1S/C18H21NO2/c1-18(2,17(20)19-21)13-12-14-8-10-16(11-9-14)15-6-4-3-5-7-15/h3-11,21H,12-13H2,1-2H3,(H,19,20). The number of benzene rings is 2. The molecular weight excluding hydrogens is 262 g/mol. The molecule has 0 bridgehead atoms. The minimum Gasteiger partial charge on any atom is -0.289 e.